The van der Waals surface area contributed by atoms with Crippen LogP contribution in [0.15, 0.2) is 200 Å². The fourth-order valence-corrected chi connectivity index (χ4v) is 7.68. The van der Waals surface area contributed by atoms with Crippen molar-refractivity contribution < 1.29 is 78.1 Å². The molecule has 8 aromatic rings. The van der Waals surface area contributed by atoms with Crippen LogP contribution >= 0.6 is 0 Å². The number of nitro groups is 2. The van der Waals surface area contributed by atoms with Crippen molar-refractivity contribution in [3.8, 4) is 44.5 Å². The Kier molecular flexibility index (Phi) is 28.3. The third-order valence-corrected chi connectivity index (χ3v) is 12.7. The highest BCUT2D eigenvalue weighted by Gasteiger charge is 2.32. The second-order valence-corrected chi connectivity index (χ2v) is 21.1. The number of non-ortho nitro benzene ring substituents is 2. The van der Waals surface area contributed by atoms with Gasteiger partial charge in [0.15, 0.2) is 0 Å². The zero-order valence-electron chi connectivity index (χ0n) is 51.9. The van der Waals surface area contributed by atoms with E-state index in [-0.39, 0.29) is 22.8 Å². The molecule has 0 aromatic heterocycles. The number of hydrogen-bond donors (Lipinski definition) is 7. The number of nitrogens with two attached hydrogens (primary N) is 2. The van der Waals surface area contributed by atoms with Crippen LogP contribution in [-0.4, -0.2) is 110 Å². The molecular formula is C67H69N7O19. The Bertz CT molecular complexity index is 3780. The lowest BCUT2D eigenvalue weighted by Crippen LogP contribution is -2.50. The molecule has 0 saturated carbocycles. The second-order valence-electron chi connectivity index (χ2n) is 21.1. The average molecular weight is 1280 g/mol. The Morgan fingerprint density at radius 3 is 0.828 bits per heavy atom. The molecule has 26 nitrogen and oxygen atoms in total. The Balaban J connectivity index is 0.000000309. The van der Waals surface area contributed by atoms with Crippen LogP contribution < -0.4 is 22.1 Å². The smallest absolute Gasteiger partial charge is 0.335 e. The zero-order chi connectivity index (χ0) is 69.8. The Labute approximate surface area is 533 Å². The van der Waals surface area contributed by atoms with Crippen LogP contribution in [0.3, 0.4) is 0 Å². The second kappa shape index (κ2) is 35.1. The molecule has 93 heavy (non-hydrogen) atoms. The number of carboxylic acid groups (broad SMARTS) is 2. The van der Waals surface area contributed by atoms with Crippen molar-refractivity contribution >= 4 is 58.7 Å². The predicted octanol–water partition coefficient (Wildman–Crippen LogP) is 11.1. The minimum Gasteiger partial charge on any atom is -0.478 e. The summed E-state index contributed by atoms with van der Waals surface area (Å²) in [4.78, 5) is 108. The highest BCUT2D eigenvalue weighted by Crippen LogP contribution is 2.26. The average Bonchev–Trinajstić information content (AvgIpc) is 1.03. The molecule has 0 aliphatic heterocycles. The number of rotatable bonds is 15. The van der Waals surface area contributed by atoms with Gasteiger partial charge in [-0.05, 0) is 171 Å². The van der Waals surface area contributed by atoms with Gasteiger partial charge in [-0.15, -0.1) is 10.1 Å². The summed E-state index contributed by atoms with van der Waals surface area (Å²) >= 11 is 0. The maximum atomic E-state index is 12.3. The van der Waals surface area contributed by atoms with Crippen molar-refractivity contribution in [2.24, 2.45) is 5.73 Å². The molecule has 0 aliphatic carbocycles. The van der Waals surface area contributed by atoms with Gasteiger partial charge in [0.2, 0.25) is 0 Å². The summed E-state index contributed by atoms with van der Waals surface area (Å²) in [7, 11) is 3.86. The van der Waals surface area contributed by atoms with Crippen LogP contribution in [0.25, 0.3) is 44.5 Å². The van der Waals surface area contributed by atoms with Gasteiger partial charge >= 0.3 is 29.8 Å². The predicted molar refractivity (Wildman–Crippen MR) is 345 cm³/mol. The van der Waals surface area contributed by atoms with E-state index < -0.39 is 67.3 Å². The van der Waals surface area contributed by atoms with Crippen LogP contribution in [-0.2, 0) is 28.6 Å². The Hall–Kier alpha value is -12.2. The number of carbonyl (C=O) groups excluding carboxylic acids is 5. The molecule has 8 rings (SSSR count). The van der Waals surface area contributed by atoms with Gasteiger partial charge in [0.05, 0.1) is 42.3 Å². The van der Waals surface area contributed by atoms with Gasteiger partial charge in [-0.2, -0.15) is 0 Å². The number of ether oxygens (including phenoxy) is 3. The van der Waals surface area contributed by atoms with Crippen LogP contribution in [0.4, 0.5) is 17.1 Å². The molecule has 0 bridgehead atoms. The SMILES string of the molecule is COC(=O)C(C)(C)N.COC(=O)C(C)(C)NC(=O)c1ccc(-c2ccc(N)cc2)cc1.COC(=O)C(C)(C)NC(=O)c1ccc(-c2ccc([N+](=O)[O-])cc2)cc1.O=C(O)c1ccc(-c2ccc([N+](=O)[O-])cc2)cc1.O=C(O)c1ccc(-c2ccccc2)cc1.O=[N+]([O-])O. The largest absolute Gasteiger partial charge is 0.478 e. The maximum Gasteiger partial charge on any atom is 0.335 e. The minimum atomic E-state index is -1.50. The number of benzene rings is 8. The molecule has 0 atom stereocenters. The number of anilines is 1. The summed E-state index contributed by atoms with van der Waals surface area (Å²) in [5.74, 6) is -4.03. The first-order valence-corrected chi connectivity index (χ1v) is 27.4. The van der Waals surface area contributed by atoms with Crippen molar-refractivity contribution in [2.75, 3.05) is 27.1 Å². The number of nitrogens with zero attached hydrogens (tertiary/aromatic N) is 3. The molecule has 8 aromatic carbocycles. The molecule has 0 unspecified atom stereocenters. The molecule has 486 valence electrons. The van der Waals surface area contributed by atoms with Crippen LogP contribution in [0, 0.1) is 30.3 Å². The van der Waals surface area contributed by atoms with Gasteiger partial charge in [-0.1, -0.05) is 91.0 Å². The summed E-state index contributed by atoms with van der Waals surface area (Å²) < 4.78 is 13.7. The van der Waals surface area contributed by atoms with Gasteiger partial charge in [0, 0.05) is 41.1 Å². The third-order valence-electron chi connectivity index (χ3n) is 12.7. The highest BCUT2D eigenvalue weighted by atomic mass is 16.9. The van der Waals surface area contributed by atoms with E-state index in [2.05, 4.69) is 24.8 Å². The van der Waals surface area contributed by atoms with E-state index >= 15 is 0 Å². The molecule has 9 N–H and O–H groups in total. The van der Waals surface area contributed by atoms with Gasteiger partial charge in [-0.3, -0.25) is 34.6 Å². The fraction of sp³-hybridized carbons (Fsp3) is 0.179. The van der Waals surface area contributed by atoms with Gasteiger partial charge in [0.1, 0.15) is 16.6 Å². The standard InChI is InChI=1S/C18H18N2O5.C18H20N2O3.C13H9NO4.C13H10O2.C5H11NO2.HNO3/c1-18(2,17(22)25-3)19-16(21)14-6-4-12(5-7-14)13-8-10-15(11-9-13)20(23)24;1-18(2,17(22)23-3)20-16(21)14-6-4-12(5-7-14)13-8-10-15(19)11-9-13;15-13(16)11-3-1-9(2-4-11)10-5-7-12(8-6-10)14(17)18;14-13(15)12-8-6-11(7-9-12)10-4-2-1-3-5-10;1-5(2,6)4(7)8-3;2-1(3)4/h4-11H,1-3H3,(H,19,21);4-11H,19H2,1-3H3,(H,20,21);1-8H,(H,15,16);1-9H,(H,14,15);6H2,1-3H3;(H,2,3,4). The van der Waals surface area contributed by atoms with Gasteiger partial charge in [0.25, 0.3) is 28.3 Å². The molecule has 0 saturated heterocycles. The fourth-order valence-electron chi connectivity index (χ4n) is 7.68. The van der Waals surface area contributed by atoms with Crippen LogP contribution in [0.1, 0.15) is 83.0 Å². The number of nitro benzene ring substituents is 2. The number of carboxylic acids is 2. The van der Waals surface area contributed by atoms with Crippen molar-refractivity contribution in [3.63, 3.8) is 0 Å². The number of hydrogen-bond acceptors (Lipinski definition) is 18. The summed E-state index contributed by atoms with van der Waals surface area (Å²) in [6, 6.07) is 56.7. The first kappa shape index (κ1) is 75.1. The van der Waals surface area contributed by atoms with Crippen molar-refractivity contribution in [1.82, 2.24) is 10.6 Å². The number of esters is 3. The summed E-state index contributed by atoms with van der Waals surface area (Å²) in [6.45, 7) is 9.50. The molecule has 0 aliphatic rings. The number of nitrogens with one attached hydrogen (secondary N) is 2. The van der Waals surface area contributed by atoms with Gasteiger partial charge in [-0.25, -0.2) is 19.2 Å². The first-order chi connectivity index (χ1) is 43.6. The van der Waals surface area contributed by atoms with Crippen LogP contribution in [0.5, 0.6) is 0 Å². The number of methoxy groups -OCH3 is 3. The van der Waals surface area contributed by atoms with E-state index in [9.17, 15) is 53.8 Å². The van der Waals surface area contributed by atoms with E-state index in [4.69, 9.17) is 37.0 Å². The summed E-state index contributed by atoms with van der Waals surface area (Å²) in [5.41, 5.74) is 17.4. The zero-order valence-corrected chi connectivity index (χ0v) is 51.9. The normalized spacial score (nSPS) is 10.3. The topological polar surface area (TPSA) is 413 Å². The molecule has 0 radical (unpaired) electrons. The summed E-state index contributed by atoms with van der Waals surface area (Å²) in [6.07, 6.45) is 0. The molecule has 0 fully saturated rings. The first-order valence-electron chi connectivity index (χ1n) is 27.4. The Morgan fingerprint density at radius 2 is 0.613 bits per heavy atom. The monoisotopic (exact) mass is 1280 g/mol. The van der Waals surface area contributed by atoms with E-state index in [1.807, 2.05) is 78.9 Å². The lowest BCUT2D eigenvalue weighted by Gasteiger charge is -2.23. The molecule has 0 heterocycles. The number of amides is 2. The van der Waals surface area contributed by atoms with Crippen molar-refractivity contribution in [1.29, 1.82) is 0 Å². The number of aromatic carboxylic acids is 2. The molecule has 26 heteroatoms. The van der Waals surface area contributed by atoms with Crippen molar-refractivity contribution in [3.05, 3.63) is 253 Å². The quantitative estimate of drug-likeness (QED) is 0.0165. The number of carbonyl (C=O) groups is 7. The lowest BCUT2D eigenvalue weighted by molar-refractivity contribution is -0.742. The van der Waals surface area contributed by atoms with Gasteiger partial charge < -0.3 is 51.7 Å². The van der Waals surface area contributed by atoms with E-state index in [0.29, 0.717) is 22.4 Å². The Morgan fingerprint density at radius 1 is 0.387 bits per heavy atom. The summed E-state index contributed by atoms with van der Waals surface area (Å²) in [5, 5.41) is 57.6. The van der Waals surface area contributed by atoms with Crippen LogP contribution in [0.2, 0.25) is 0 Å². The van der Waals surface area contributed by atoms with E-state index in [0.717, 1.165) is 44.5 Å². The molecule has 0 spiro atoms. The molecule has 2 amide bonds. The lowest BCUT2D eigenvalue weighted by atomic mass is 10.0. The van der Waals surface area contributed by atoms with E-state index in [1.54, 1.807) is 126 Å². The molecular weight excluding hydrogens is 1210 g/mol. The highest BCUT2D eigenvalue weighted by molar-refractivity contribution is 5.99. The minimum absolute atomic E-state index is 0.0183. The maximum absolute atomic E-state index is 12.3. The third kappa shape index (κ3) is 24.7. The number of nitrogen functional groups attached to an aromatic ring is 1. The van der Waals surface area contributed by atoms with E-state index in [1.165, 1.54) is 57.7 Å². The van der Waals surface area contributed by atoms with Crippen molar-refractivity contribution in [2.45, 2.75) is 58.2 Å².